The fourth-order valence-corrected chi connectivity index (χ4v) is 1.23. The van der Waals surface area contributed by atoms with Gasteiger partial charge in [0.15, 0.2) is 0 Å². The second-order valence-corrected chi connectivity index (χ2v) is 2.88. The van der Waals surface area contributed by atoms with Crippen molar-refractivity contribution in [1.29, 1.82) is 0 Å². The van der Waals surface area contributed by atoms with Crippen LogP contribution in [0.1, 0.15) is 26.2 Å². The maximum Gasteiger partial charge on any atom is 0.324 e. The van der Waals surface area contributed by atoms with Crippen LogP contribution in [0.5, 0.6) is 0 Å². The first-order valence-corrected chi connectivity index (χ1v) is 4.34. The minimum Gasteiger partial charge on any atom is -0.338 e. The van der Waals surface area contributed by atoms with E-state index < -0.39 is 0 Å². The van der Waals surface area contributed by atoms with E-state index in [2.05, 4.69) is 5.32 Å². The van der Waals surface area contributed by atoms with Crippen molar-refractivity contribution in [1.82, 2.24) is 10.2 Å². The predicted molar refractivity (Wildman–Crippen MR) is 44.6 cm³/mol. The molecule has 1 N–H and O–H groups in total. The van der Waals surface area contributed by atoms with Crippen molar-refractivity contribution in [2.75, 3.05) is 13.1 Å². The summed E-state index contributed by atoms with van der Waals surface area (Å²) in [4.78, 5) is 23.8. The second kappa shape index (κ2) is 4.09. The quantitative estimate of drug-likeness (QED) is 0.664. The average molecular weight is 170 g/mol. The van der Waals surface area contributed by atoms with E-state index in [1.165, 1.54) is 4.90 Å². The summed E-state index contributed by atoms with van der Waals surface area (Å²) in [6.07, 6.45) is 2.06. The third kappa shape index (κ3) is 1.96. The number of urea groups is 1. The number of carbonyl (C=O) groups excluding carboxylic acids is 2. The lowest BCUT2D eigenvalue weighted by atomic mass is 10.3. The van der Waals surface area contributed by atoms with E-state index in [0.717, 1.165) is 12.8 Å². The Morgan fingerprint density at radius 1 is 1.50 bits per heavy atom. The number of rotatable bonds is 2. The summed E-state index contributed by atoms with van der Waals surface area (Å²) in [5.41, 5.74) is 0. The van der Waals surface area contributed by atoms with Crippen molar-refractivity contribution in [3.05, 3.63) is 0 Å². The van der Waals surface area contributed by atoms with Gasteiger partial charge in [0.1, 0.15) is 0 Å². The monoisotopic (exact) mass is 170 g/mol. The van der Waals surface area contributed by atoms with Crippen LogP contribution in [-0.4, -0.2) is 29.9 Å². The van der Waals surface area contributed by atoms with Gasteiger partial charge in [0.2, 0.25) is 5.91 Å². The number of nitrogens with one attached hydrogen (secondary N) is 1. The molecule has 1 heterocycles. The Hall–Kier alpha value is -1.06. The van der Waals surface area contributed by atoms with Crippen molar-refractivity contribution in [3.63, 3.8) is 0 Å². The molecule has 0 aromatic carbocycles. The van der Waals surface area contributed by atoms with Gasteiger partial charge in [-0.1, -0.05) is 6.92 Å². The molecule has 0 radical (unpaired) electrons. The fourth-order valence-electron chi connectivity index (χ4n) is 1.23. The standard InChI is InChI=1S/C8H14N2O2/c1-2-6-10-7(11)4-3-5-9-8(10)12/h2-6H2,1H3,(H,9,12). The van der Waals surface area contributed by atoms with Crippen LogP contribution in [0.25, 0.3) is 0 Å². The number of hydrogen-bond acceptors (Lipinski definition) is 2. The van der Waals surface area contributed by atoms with Crippen molar-refractivity contribution in [2.45, 2.75) is 26.2 Å². The van der Waals surface area contributed by atoms with Crippen LogP contribution in [0.15, 0.2) is 0 Å². The molecule has 4 nitrogen and oxygen atoms in total. The molecule has 0 aromatic rings. The van der Waals surface area contributed by atoms with Gasteiger partial charge in [-0.25, -0.2) is 4.79 Å². The Balaban J connectivity index is 2.61. The highest BCUT2D eigenvalue weighted by molar-refractivity contribution is 5.95. The molecule has 1 rings (SSSR count). The van der Waals surface area contributed by atoms with Gasteiger partial charge in [0.25, 0.3) is 0 Å². The van der Waals surface area contributed by atoms with Crippen LogP contribution in [-0.2, 0) is 4.79 Å². The van der Waals surface area contributed by atoms with Crippen LogP contribution >= 0.6 is 0 Å². The molecular formula is C8H14N2O2. The second-order valence-electron chi connectivity index (χ2n) is 2.88. The molecule has 1 saturated heterocycles. The third-order valence-electron chi connectivity index (χ3n) is 1.84. The predicted octanol–water partition coefficient (Wildman–Crippen LogP) is 0.728. The Morgan fingerprint density at radius 2 is 2.25 bits per heavy atom. The molecule has 1 fully saturated rings. The Labute approximate surface area is 71.9 Å². The zero-order valence-corrected chi connectivity index (χ0v) is 7.30. The Morgan fingerprint density at radius 3 is 2.92 bits per heavy atom. The van der Waals surface area contributed by atoms with E-state index in [0.29, 0.717) is 19.5 Å². The number of carbonyl (C=O) groups is 2. The molecule has 12 heavy (non-hydrogen) atoms. The molecule has 1 aliphatic rings. The lowest BCUT2D eigenvalue weighted by Crippen LogP contribution is -2.41. The van der Waals surface area contributed by atoms with Crippen molar-refractivity contribution in [2.24, 2.45) is 0 Å². The number of amides is 3. The van der Waals surface area contributed by atoms with Crippen LogP contribution in [0.4, 0.5) is 4.79 Å². The van der Waals surface area contributed by atoms with Gasteiger partial charge in [0.05, 0.1) is 0 Å². The lowest BCUT2D eigenvalue weighted by molar-refractivity contribution is -0.127. The molecule has 0 atom stereocenters. The Kier molecular flexibility index (Phi) is 3.08. The molecule has 4 heteroatoms. The number of hydrogen-bond donors (Lipinski definition) is 1. The summed E-state index contributed by atoms with van der Waals surface area (Å²) in [5, 5.41) is 2.68. The topological polar surface area (TPSA) is 49.4 Å². The first-order valence-electron chi connectivity index (χ1n) is 4.34. The SMILES string of the molecule is CCCN1C(=O)CCCNC1=O. The number of nitrogens with zero attached hydrogens (tertiary/aromatic N) is 1. The van der Waals surface area contributed by atoms with E-state index in [1.807, 2.05) is 6.92 Å². The summed E-state index contributed by atoms with van der Waals surface area (Å²) in [6.45, 7) is 3.10. The molecule has 0 unspecified atom stereocenters. The summed E-state index contributed by atoms with van der Waals surface area (Å²) >= 11 is 0. The maximum atomic E-state index is 11.3. The lowest BCUT2D eigenvalue weighted by Gasteiger charge is -2.16. The molecule has 0 bridgehead atoms. The highest BCUT2D eigenvalue weighted by Gasteiger charge is 2.22. The summed E-state index contributed by atoms with van der Waals surface area (Å²) < 4.78 is 0. The smallest absolute Gasteiger partial charge is 0.324 e. The van der Waals surface area contributed by atoms with Gasteiger partial charge in [-0.15, -0.1) is 0 Å². The van der Waals surface area contributed by atoms with Gasteiger partial charge < -0.3 is 5.32 Å². The van der Waals surface area contributed by atoms with Crippen molar-refractivity contribution in [3.8, 4) is 0 Å². The summed E-state index contributed by atoms with van der Waals surface area (Å²) in [6, 6.07) is -0.237. The van der Waals surface area contributed by atoms with E-state index in [9.17, 15) is 9.59 Å². The van der Waals surface area contributed by atoms with Crippen LogP contribution in [0.2, 0.25) is 0 Å². The normalized spacial score (nSPS) is 18.9. The first kappa shape index (κ1) is 9.03. The molecule has 1 aliphatic heterocycles. The van der Waals surface area contributed by atoms with E-state index in [4.69, 9.17) is 0 Å². The molecular weight excluding hydrogens is 156 g/mol. The molecule has 0 saturated carbocycles. The van der Waals surface area contributed by atoms with Gasteiger partial charge in [-0.05, 0) is 12.8 Å². The molecule has 0 aromatic heterocycles. The van der Waals surface area contributed by atoms with E-state index in [-0.39, 0.29) is 11.9 Å². The van der Waals surface area contributed by atoms with Crippen molar-refractivity contribution >= 4 is 11.9 Å². The average Bonchev–Trinajstić information content (AvgIpc) is 2.19. The zero-order chi connectivity index (χ0) is 8.97. The maximum absolute atomic E-state index is 11.3. The number of imide groups is 1. The van der Waals surface area contributed by atoms with Crippen LogP contribution < -0.4 is 5.32 Å². The minimum atomic E-state index is -0.237. The van der Waals surface area contributed by atoms with E-state index >= 15 is 0 Å². The summed E-state index contributed by atoms with van der Waals surface area (Å²) in [7, 11) is 0. The first-order chi connectivity index (χ1) is 5.75. The summed E-state index contributed by atoms with van der Waals surface area (Å²) in [5.74, 6) is -0.0492. The minimum absolute atomic E-state index is 0.0492. The third-order valence-corrected chi connectivity index (χ3v) is 1.84. The van der Waals surface area contributed by atoms with Crippen LogP contribution in [0, 0.1) is 0 Å². The fraction of sp³-hybridized carbons (Fsp3) is 0.750. The van der Waals surface area contributed by atoms with Crippen LogP contribution in [0.3, 0.4) is 0 Å². The molecule has 68 valence electrons. The largest absolute Gasteiger partial charge is 0.338 e. The van der Waals surface area contributed by atoms with Crippen molar-refractivity contribution < 1.29 is 9.59 Å². The highest BCUT2D eigenvalue weighted by atomic mass is 16.2. The van der Waals surface area contributed by atoms with Gasteiger partial charge in [-0.2, -0.15) is 0 Å². The zero-order valence-electron chi connectivity index (χ0n) is 7.30. The highest BCUT2D eigenvalue weighted by Crippen LogP contribution is 2.03. The van der Waals surface area contributed by atoms with Gasteiger partial charge >= 0.3 is 6.03 Å². The molecule has 0 aliphatic carbocycles. The molecule has 3 amide bonds. The van der Waals surface area contributed by atoms with Gasteiger partial charge in [0, 0.05) is 19.5 Å². The molecule has 0 spiro atoms. The Bertz CT molecular complexity index is 173. The van der Waals surface area contributed by atoms with E-state index in [1.54, 1.807) is 0 Å². The van der Waals surface area contributed by atoms with Gasteiger partial charge in [-0.3, -0.25) is 9.69 Å².